The van der Waals surface area contributed by atoms with Gasteiger partial charge in [0.15, 0.2) is 0 Å². The predicted molar refractivity (Wildman–Crippen MR) is 91.5 cm³/mol. The van der Waals surface area contributed by atoms with E-state index >= 15 is 0 Å². The molecule has 0 aliphatic carbocycles. The van der Waals surface area contributed by atoms with Crippen LogP contribution in [0.3, 0.4) is 0 Å². The second-order valence-corrected chi connectivity index (χ2v) is 6.38. The van der Waals surface area contributed by atoms with E-state index in [4.69, 9.17) is 15.5 Å². The first-order chi connectivity index (χ1) is 10.2. The number of hydrogen-bond donors (Lipinski definition) is 1. The van der Waals surface area contributed by atoms with Crippen molar-refractivity contribution in [3.8, 4) is 5.75 Å². The van der Waals surface area contributed by atoms with Crippen molar-refractivity contribution in [2.75, 3.05) is 12.3 Å². The van der Waals surface area contributed by atoms with E-state index in [-0.39, 0.29) is 5.92 Å². The minimum atomic E-state index is 0.176. The van der Waals surface area contributed by atoms with Crippen LogP contribution in [0.5, 0.6) is 5.75 Å². The molecular formula is C16H18IN3O. The van der Waals surface area contributed by atoms with Gasteiger partial charge in [0.25, 0.3) is 0 Å². The van der Waals surface area contributed by atoms with Gasteiger partial charge in [0.05, 0.1) is 21.8 Å². The molecule has 21 heavy (non-hydrogen) atoms. The van der Waals surface area contributed by atoms with E-state index in [0.717, 1.165) is 40.1 Å². The van der Waals surface area contributed by atoms with Crippen LogP contribution in [0.1, 0.15) is 36.3 Å². The number of benzene rings is 1. The summed E-state index contributed by atoms with van der Waals surface area (Å²) in [6, 6.07) is 8.15. The number of para-hydroxylation sites is 1. The van der Waals surface area contributed by atoms with E-state index < -0.39 is 0 Å². The fraction of sp³-hybridized carbons (Fsp3) is 0.375. The lowest BCUT2D eigenvalue weighted by Crippen LogP contribution is -2.22. The average Bonchev–Trinajstić information content (AvgIpc) is 2.51. The maximum Gasteiger partial charge on any atom is 0.140 e. The number of nitrogens with zero attached hydrogens (tertiary/aromatic N) is 2. The van der Waals surface area contributed by atoms with E-state index in [9.17, 15) is 0 Å². The van der Waals surface area contributed by atoms with E-state index in [2.05, 4.69) is 40.6 Å². The molecule has 0 spiro atoms. The number of aromatic nitrogens is 2. The summed E-state index contributed by atoms with van der Waals surface area (Å²) < 4.78 is 6.82. The van der Waals surface area contributed by atoms with Crippen molar-refractivity contribution in [2.45, 2.75) is 32.1 Å². The van der Waals surface area contributed by atoms with E-state index in [1.165, 1.54) is 5.56 Å². The van der Waals surface area contributed by atoms with Crippen molar-refractivity contribution in [1.82, 2.24) is 9.97 Å². The molecule has 0 saturated carbocycles. The Morgan fingerprint density at radius 3 is 2.95 bits per heavy atom. The summed E-state index contributed by atoms with van der Waals surface area (Å²) >= 11 is 2.23. The van der Waals surface area contributed by atoms with Crippen LogP contribution in [0, 0.1) is 3.57 Å². The van der Waals surface area contributed by atoms with Gasteiger partial charge in [-0.05, 0) is 47.1 Å². The lowest BCUT2D eigenvalue weighted by molar-refractivity contribution is 0.257. The number of aryl methyl sites for hydroxylation is 1. The van der Waals surface area contributed by atoms with Crippen LogP contribution in [-0.4, -0.2) is 16.6 Å². The van der Waals surface area contributed by atoms with Crippen LogP contribution in [0.15, 0.2) is 24.3 Å². The molecule has 110 valence electrons. The monoisotopic (exact) mass is 395 g/mol. The molecule has 0 saturated heterocycles. The molecule has 5 heteroatoms. The molecule has 0 amide bonds. The Morgan fingerprint density at radius 1 is 1.33 bits per heavy atom. The van der Waals surface area contributed by atoms with Crippen molar-refractivity contribution in [1.29, 1.82) is 0 Å². The molecule has 1 aliphatic rings. The van der Waals surface area contributed by atoms with Gasteiger partial charge >= 0.3 is 0 Å². The van der Waals surface area contributed by atoms with Crippen molar-refractivity contribution >= 4 is 28.4 Å². The van der Waals surface area contributed by atoms with Gasteiger partial charge in [-0.25, -0.2) is 9.97 Å². The number of nitrogens with two attached hydrogens (primary N) is 1. The molecule has 2 N–H and O–H groups in total. The van der Waals surface area contributed by atoms with Crippen molar-refractivity contribution in [3.63, 3.8) is 0 Å². The zero-order chi connectivity index (χ0) is 14.8. The third kappa shape index (κ3) is 2.97. The summed E-state index contributed by atoms with van der Waals surface area (Å²) in [5.74, 6) is 2.55. The molecule has 0 radical (unpaired) electrons. The second-order valence-electron chi connectivity index (χ2n) is 5.30. The molecule has 2 heterocycles. The quantitative estimate of drug-likeness (QED) is 0.810. The number of ether oxygens (including phenoxy) is 1. The van der Waals surface area contributed by atoms with Crippen LogP contribution in [-0.2, 0) is 12.8 Å². The van der Waals surface area contributed by atoms with Crippen LogP contribution in [0.4, 0.5) is 5.82 Å². The van der Waals surface area contributed by atoms with Gasteiger partial charge < -0.3 is 10.5 Å². The molecule has 1 aromatic heterocycles. The highest BCUT2D eigenvalue weighted by molar-refractivity contribution is 14.1. The van der Waals surface area contributed by atoms with Crippen LogP contribution in [0.2, 0.25) is 0 Å². The molecule has 3 rings (SSSR count). The van der Waals surface area contributed by atoms with Crippen LogP contribution >= 0.6 is 22.6 Å². The molecule has 0 fully saturated rings. The predicted octanol–water partition coefficient (Wildman–Crippen LogP) is 3.33. The third-order valence-electron chi connectivity index (χ3n) is 3.69. The van der Waals surface area contributed by atoms with Gasteiger partial charge in [0.2, 0.25) is 0 Å². The summed E-state index contributed by atoms with van der Waals surface area (Å²) in [6.07, 6.45) is 2.89. The molecule has 1 aliphatic heterocycles. The lowest BCUT2D eigenvalue weighted by Gasteiger charge is -2.24. The maximum absolute atomic E-state index is 6.05. The normalized spacial score (nSPS) is 17.1. The summed E-state index contributed by atoms with van der Waals surface area (Å²) in [6.45, 7) is 2.76. The van der Waals surface area contributed by atoms with Gasteiger partial charge in [-0.15, -0.1) is 0 Å². The zero-order valence-corrected chi connectivity index (χ0v) is 14.1. The summed E-state index contributed by atoms with van der Waals surface area (Å²) in [5.41, 5.74) is 8.32. The number of rotatable bonds is 3. The van der Waals surface area contributed by atoms with Gasteiger partial charge in [0, 0.05) is 0 Å². The Hall–Kier alpha value is -1.37. The summed E-state index contributed by atoms with van der Waals surface area (Å²) in [4.78, 5) is 9.23. The first-order valence-corrected chi connectivity index (χ1v) is 8.29. The fourth-order valence-electron chi connectivity index (χ4n) is 2.61. The highest BCUT2D eigenvalue weighted by atomic mass is 127. The minimum Gasteiger partial charge on any atom is -0.493 e. The van der Waals surface area contributed by atoms with Crippen LogP contribution in [0.25, 0.3) is 0 Å². The van der Waals surface area contributed by atoms with Crippen molar-refractivity contribution in [2.24, 2.45) is 0 Å². The molecule has 1 atom stereocenters. The summed E-state index contributed by atoms with van der Waals surface area (Å²) in [5, 5.41) is 0. The van der Waals surface area contributed by atoms with Gasteiger partial charge in [-0.2, -0.15) is 0 Å². The molecule has 4 nitrogen and oxygen atoms in total. The molecule has 1 aromatic carbocycles. The number of anilines is 1. The SMILES string of the molecule is CCCc1nc(C2COc3ccccc3C2)nc(N)c1I. The van der Waals surface area contributed by atoms with E-state index in [1.807, 2.05) is 18.2 Å². The third-order valence-corrected chi connectivity index (χ3v) is 4.87. The summed E-state index contributed by atoms with van der Waals surface area (Å²) in [7, 11) is 0. The molecule has 1 unspecified atom stereocenters. The van der Waals surface area contributed by atoms with Gasteiger partial charge in [-0.1, -0.05) is 31.5 Å². The lowest BCUT2D eigenvalue weighted by atomic mass is 9.96. The number of halogens is 1. The number of nitrogen functional groups attached to an aromatic ring is 1. The Labute approximate surface area is 138 Å². The highest BCUT2D eigenvalue weighted by Crippen LogP contribution is 2.32. The topological polar surface area (TPSA) is 61.0 Å². The average molecular weight is 395 g/mol. The van der Waals surface area contributed by atoms with Gasteiger partial charge in [-0.3, -0.25) is 0 Å². The first-order valence-electron chi connectivity index (χ1n) is 7.21. The minimum absolute atomic E-state index is 0.176. The molecule has 0 bridgehead atoms. The van der Waals surface area contributed by atoms with Crippen molar-refractivity contribution in [3.05, 3.63) is 44.9 Å². The smallest absolute Gasteiger partial charge is 0.140 e. The standard InChI is InChI=1S/C16H18IN3O/c1-2-5-12-14(17)15(18)20-16(19-12)11-8-10-6-3-4-7-13(10)21-9-11/h3-4,6-7,11H,2,5,8-9H2,1H3,(H2,18,19,20). The largest absolute Gasteiger partial charge is 0.493 e. The second kappa shape index (κ2) is 6.17. The van der Waals surface area contributed by atoms with Crippen LogP contribution < -0.4 is 10.5 Å². The maximum atomic E-state index is 6.05. The fourth-order valence-corrected chi connectivity index (χ4v) is 3.12. The molecule has 2 aromatic rings. The number of hydrogen-bond acceptors (Lipinski definition) is 4. The highest BCUT2D eigenvalue weighted by Gasteiger charge is 2.24. The Balaban J connectivity index is 1.91. The Kier molecular flexibility index (Phi) is 4.28. The molecular weight excluding hydrogens is 377 g/mol. The van der Waals surface area contributed by atoms with Gasteiger partial charge in [0.1, 0.15) is 17.4 Å². The Morgan fingerprint density at radius 2 is 2.14 bits per heavy atom. The zero-order valence-electron chi connectivity index (χ0n) is 12.0. The Bertz CT molecular complexity index is 660. The van der Waals surface area contributed by atoms with E-state index in [1.54, 1.807) is 0 Å². The van der Waals surface area contributed by atoms with Crippen molar-refractivity contribution < 1.29 is 4.74 Å². The number of fused-ring (bicyclic) bond motifs is 1. The first kappa shape index (κ1) is 14.6. The van der Waals surface area contributed by atoms with E-state index in [0.29, 0.717) is 12.4 Å².